The summed E-state index contributed by atoms with van der Waals surface area (Å²) >= 11 is 0. The quantitative estimate of drug-likeness (QED) is 0.815. The summed E-state index contributed by atoms with van der Waals surface area (Å²) in [5.41, 5.74) is 0.786. The number of fused-ring (bicyclic) bond motifs is 1. The van der Waals surface area contributed by atoms with Gasteiger partial charge in [-0.3, -0.25) is 14.1 Å². The van der Waals surface area contributed by atoms with Crippen LogP contribution in [0.4, 0.5) is 5.82 Å². The molecule has 1 amide bonds. The molecule has 2 aliphatic heterocycles. The third kappa shape index (κ3) is 3.30. The molecule has 2 saturated heterocycles. The Kier molecular flexibility index (Phi) is 4.52. The molecule has 4 rings (SSSR count). The average molecular weight is 343 g/mol. The molecule has 8 nitrogen and oxygen atoms in total. The smallest absolute Gasteiger partial charge is 0.236 e. The number of amides is 1. The summed E-state index contributed by atoms with van der Waals surface area (Å²) in [5, 5.41) is 8.12. The minimum Gasteiger partial charge on any atom is -0.351 e. The monoisotopic (exact) mass is 343 g/mol. The highest BCUT2D eigenvalue weighted by Gasteiger charge is 2.27. The molecule has 0 aliphatic carbocycles. The minimum atomic E-state index is 0.276. The second-order valence-corrected chi connectivity index (χ2v) is 7.01. The van der Waals surface area contributed by atoms with E-state index < -0.39 is 0 Å². The first-order valence-corrected chi connectivity index (χ1v) is 9.13. The molecule has 2 aromatic heterocycles. The van der Waals surface area contributed by atoms with E-state index >= 15 is 0 Å². The van der Waals surface area contributed by atoms with Gasteiger partial charge in [-0.25, -0.2) is 4.98 Å². The second-order valence-electron chi connectivity index (χ2n) is 7.01. The maximum Gasteiger partial charge on any atom is 0.236 e. The van der Waals surface area contributed by atoms with Gasteiger partial charge >= 0.3 is 0 Å². The van der Waals surface area contributed by atoms with E-state index in [0.717, 1.165) is 57.0 Å². The fourth-order valence-corrected chi connectivity index (χ4v) is 3.84. The number of carbonyl (C=O) groups excluding carboxylic acids is 1. The van der Waals surface area contributed by atoms with Crippen LogP contribution in [0.3, 0.4) is 0 Å². The molecule has 0 aromatic carbocycles. The van der Waals surface area contributed by atoms with Crippen molar-refractivity contribution in [3.63, 3.8) is 0 Å². The van der Waals surface area contributed by atoms with Crippen LogP contribution in [-0.4, -0.2) is 80.6 Å². The molecule has 134 valence electrons. The number of likely N-dealkylation sites (tertiary alicyclic amines) is 1. The lowest BCUT2D eigenvalue weighted by Crippen LogP contribution is -2.52. The zero-order valence-corrected chi connectivity index (χ0v) is 14.7. The third-order valence-electron chi connectivity index (χ3n) is 5.35. The van der Waals surface area contributed by atoms with Crippen molar-refractivity contribution in [1.82, 2.24) is 29.4 Å². The average Bonchev–Trinajstić information content (AvgIpc) is 3.11. The van der Waals surface area contributed by atoms with Crippen molar-refractivity contribution in [3.05, 3.63) is 18.7 Å². The van der Waals surface area contributed by atoms with Gasteiger partial charge in [-0.15, -0.1) is 10.2 Å². The van der Waals surface area contributed by atoms with Crippen LogP contribution in [0.5, 0.6) is 0 Å². The predicted octanol–water partition coefficient (Wildman–Crippen LogP) is 0.647. The molecule has 0 N–H and O–H groups in total. The Labute approximate surface area is 147 Å². The minimum absolute atomic E-state index is 0.276. The summed E-state index contributed by atoms with van der Waals surface area (Å²) in [6, 6.07) is 0.386. The summed E-state index contributed by atoms with van der Waals surface area (Å²) in [4.78, 5) is 23.6. The molecule has 25 heavy (non-hydrogen) atoms. The molecule has 2 aromatic rings. The van der Waals surface area contributed by atoms with E-state index in [9.17, 15) is 4.79 Å². The molecular formula is C17H25N7O. The van der Waals surface area contributed by atoms with E-state index in [4.69, 9.17) is 0 Å². The van der Waals surface area contributed by atoms with Crippen molar-refractivity contribution >= 4 is 17.4 Å². The molecule has 1 atom stereocenters. The second kappa shape index (κ2) is 6.95. The van der Waals surface area contributed by atoms with Crippen molar-refractivity contribution in [2.45, 2.75) is 32.2 Å². The highest BCUT2D eigenvalue weighted by Crippen LogP contribution is 2.19. The first kappa shape index (κ1) is 16.3. The zero-order chi connectivity index (χ0) is 17.2. The van der Waals surface area contributed by atoms with Crippen LogP contribution in [0.1, 0.15) is 26.2 Å². The van der Waals surface area contributed by atoms with Gasteiger partial charge in [0.05, 0.1) is 6.54 Å². The van der Waals surface area contributed by atoms with Crippen molar-refractivity contribution < 1.29 is 4.79 Å². The van der Waals surface area contributed by atoms with Gasteiger partial charge in [0.25, 0.3) is 0 Å². The molecule has 0 radical (unpaired) electrons. The van der Waals surface area contributed by atoms with Gasteiger partial charge in [0.2, 0.25) is 11.6 Å². The number of carbonyl (C=O) groups is 1. The fourth-order valence-electron chi connectivity index (χ4n) is 3.84. The van der Waals surface area contributed by atoms with Gasteiger partial charge in [0.15, 0.2) is 5.82 Å². The van der Waals surface area contributed by atoms with E-state index in [0.29, 0.717) is 12.6 Å². The Hall–Kier alpha value is -2.22. The van der Waals surface area contributed by atoms with E-state index in [1.807, 2.05) is 10.6 Å². The molecule has 0 saturated carbocycles. The lowest BCUT2D eigenvalue weighted by Gasteiger charge is -2.38. The molecule has 8 heteroatoms. The number of nitrogens with zero attached hydrogens (tertiary/aromatic N) is 7. The molecule has 2 fully saturated rings. The predicted molar refractivity (Wildman–Crippen MR) is 94.5 cm³/mol. The van der Waals surface area contributed by atoms with Crippen molar-refractivity contribution in [2.24, 2.45) is 0 Å². The van der Waals surface area contributed by atoms with E-state index in [1.54, 1.807) is 12.5 Å². The van der Waals surface area contributed by atoms with E-state index in [1.165, 1.54) is 6.42 Å². The summed E-state index contributed by atoms with van der Waals surface area (Å²) in [5.74, 6) is 1.15. The van der Waals surface area contributed by atoms with Gasteiger partial charge in [0.1, 0.15) is 6.33 Å². The first-order valence-electron chi connectivity index (χ1n) is 9.13. The largest absolute Gasteiger partial charge is 0.351 e. The van der Waals surface area contributed by atoms with E-state index in [-0.39, 0.29) is 5.91 Å². The summed E-state index contributed by atoms with van der Waals surface area (Å²) < 4.78 is 1.88. The topological polar surface area (TPSA) is 69.9 Å². The van der Waals surface area contributed by atoms with Crippen LogP contribution in [0.2, 0.25) is 0 Å². The van der Waals surface area contributed by atoms with Crippen LogP contribution in [0, 0.1) is 0 Å². The number of anilines is 1. The highest BCUT2D eigenvalue weighted by atomic mass is 16.2. The standard InChI is InChI=1S/C17H25N7O/c1-14-4-2-3-6-24(14)15(25)12-21-8-10-22(11-9-21)16-17-20-19-13-23(17)7-5-18-16/h5,7,13-14H,2-4,6,8-12H2,1H3/t14-/m0/s1. The fraction of sp³-hybridized carbons (Fsp3) is 0.647. The lowest BCUT2D eigenvalue weighted by molar-refractivity contribution is -0.135. The van der Waals surface area contributed by atoms with Crippen LogP contribution >= 0.6 is 0 Å². The van der Waals surface area contributed by atoms with Gasteiger partial charge in [-0.05, 0) is 26.2 Å². The molecular weight excluding hydrogens is 318 g/mol. The normalized spacial score (nSPS) is 22.5. The molecule has 0 spiro atoms. The Morgan fingerprint density at radius 1 is 1.20 bits per heavy atom. The Morgan fingerprint density at radius 2 is 2.04 bits per heavy atom. The van der Waals surface area contributed by atoms with Crippen LogP contribution < -0.4 is 4.90 Å². The number of aromatic nitrogens is 4. The van der Waals surface area contributed by atoms with Gasteiger partial charge in [-0.2, -0.15) is 0 Å². The molecule has 0 bridgehead atoms. The summed E-state index contributed by atoms with van der Waals surface area (Å²) in [7, 11) is 0. The first-order chi connectivity index (χ1) is 12.2. The number of piperazine rings is 1. The lowest BCUT2D eigenvalue weighted by atomic mass is 10.0. The van der Waals surface area contributed by atoms with Crippen molar-refractivity contribution in [1.29, 1.82) is 0 Å². The number of hydrogen-bond acceptors (Lipinski definition) is 6. The zero-order valence-electron chi connectivity index (χ0n) is 14.7. The molecule has 4 heterocycles. The summed E-state index contributed by atoms with van der Waals surface area (Å²) in [6.45, 7) is 7.04. The van der Waals surface area contributed by atoms with Crippen LogP contribution in [0.25, 0.3) is 5.65 Å². The van der Waals surface area contributed by atoms with Gasteiger partial charge in [0, 0.05) is 51.2 Å². The van der Waals surface area contributed by atoms with Crippen molar-refractivity contribution in [3.8, 4) is 0 Å². The third-order valence-corrected chi connectivity index (χ3v) is 5.35. The maximum absolute atomic E-state index is 12.6. The molecule has 0 unspecified atom stereocenters. The molecule has 2 aliphatic rings. The SMILES string of the molecule is C[C@H]1CCCCN1C(=O)CN1CCN(c2nccn3cnnc23)CC1. The van der Waals surface area contributed by atoms with Gasteiger partial charge < -0.3 is 9.80 Å². The Morgan fingerprint density at radius 3 is 2.84 bits per heavy atom. The Balaban J connectivity index is 1.35. The van der Waals surface area contributed by atoms with Crippen LogP contribution in [0.15, 0.2) is 18.7 Å². The van der Waals surface area contributed by atoms with Crippen LogP contribution in [-0.2, 0) is 4.79 Å². The maximum atomic E-state index is 12.6. The number of rotatable bonds is 3. The van der Waals surface area contributed by atoms with Gasteiger partial charge in [-0.1, -0.05) is 0 Å². The van der Waals surface area contributed by atoms with Crippen molar-refractivity contribution in [2.75, 3.05) is 44.2 Å². The Bertz CT molecular complexity index is 737. The number of hydrogen-bond donors (Lipinski definition) is 0. The number of piperidine rings is 1. The van der Waals surface area contributed by atoms with E-state index in [2.05, 4.69) is 36.8 Å². The summed E-state index contributed by atoms with van der Waals surface area (Å²) in [6.07, 6.45) is 8.83. The highest BCUT2D eigenvalue weighted by molar-refractivity contribution is 5.78.